The molecule has 0 unspecified atom stereocenters. The van der Waals surface area contributed by atoms with E-state index in [4.69, 9.17) is 42.6 Å². The van der Waals surface area contributed by atoms with Gasteiger partial charge in [-0.2, -0.15) is 0 Å². The third-order valence-corrected chi connectivity index (χ3v) is 10.7. The van der Waals surface area contributed by atoms with Crippen molar-refractivity contribution < 1.29 is 42.6 Å². The van der Waals surface area contributed by atoms with E-state index in [0.29, 0.717) is 111 Å². The standard InChI is InChI=1S/C60H69NO9/c1-10-62-52-37-46(38-53(63-11-2)58(52)68-16-7)22-19-43-25-31-49(32-26-43)61(50-33-27-44(28-34-50)20-23-47-39-54(64-12-3)59(69-17-8)55(40-47)65-13-4)51-35-29-45(30-36-51)21-24-48-41-56(66-14-5)60(70-18-9)57(42-48)67-15-6/h19-42H,10-18H2,1-9H3/b22-19+,23-20+,24-21+. The highest BCUT2D eigenvalue weighted by atomic mass is 16.6. The molecule has 0 N–H and O–H groups in total. The van der Waals surface area contributed by atoms with Crippen LogP contribution in [0.1, 0.15) is 95.7 Å². The normalized spacial score (nSPS) is 11.3. The monoisotopic (exact) mass is 947 g/mol. The average molecular weight is 948 g/mol. The predicted molar refractivity (Wildman–Crippen MR) is 288 cm³/mol. The molecule has 6 rings (SSSR count). The highest BCUT2D eigenvalue weighted by Crippen LogP contribution is 2.43. The third kappa shape index (κ3) is 13.8. The Kier molecular flexibility index (Phi) is 20.0. The highest BCUT2D eigenvalue weighted by molar-refractivity contribution is 5.81. The average Bonchev–Trinajstić information content (AvgIpc) is 3.36. The van der Waals surface area contributed by atoms with Gasteiger partial charge in [0.1, 0.15) is 0 Å². The number of hydrogen-bond donors (Lipinski definition) is 0. The van der Waals surface area contributed by atoms with E-state index < -0.39 is 0 Å². The van der Waals surface area contributed by atoms with Crippen LogP contribution in [-0.4, -0.2) is 59.5 Å². The molecule has 0 spiro atoms. The van der Waals surface area contributed by atoms with Gasteiger partial charge in [-0.1, -0.05) is 72.9 Å². The molecule has 10 nitrogen and oxygen atoms in total. The van der Waals surface area contributed by atoms with Crippen molar-refractivity contribution in [3.8, 4) is 51.7 Å². The van der Waals surface area contributed by atoms with E-state index in [1.54, 1.807) is 0 Å². The first-order valence-electron chi connectivity index (χ1n) is 24.6. The number of anilines is 3. The van der Waals surface area contributed by atoms with E-state index in [-0.39, 0.29) is 0 Å². The molecule has 0 aromatic heterocycles. The molecule has 0 saturated carbocycles. The molecule has 0 radical (unpaired) electrons. The van der Waals surface area contributed by atoms with E-state index in [1.807, 2.05) is 98.7 Å². The lowest BCUT2D eigenvalue weighted by Crippen LogP contribution is -2.09. The smallest absolute Gasteiger partial charge is 0.203 e. The zero-order valence-corrected chi connectivity index (χ0v) is 42.3. The molecule has 0 saturated heterocycles. The summed E-state index contributed by atoms with van der Waals surface area (Å²) in [6.07, 6.45) is 12.5. The summed E-state index contributed by atoms with van der Waals surface area (Å²) in [5, 5.41) is 0. The van der Waals surface area contributed by atoms with Gasteiger partial charge < -0.3 is 47.5 Å². The van der Waals surface area contributed by atoms with Crippen LogP contribution in [0.2, 0.25) is 0 Å². The Bertz CT molecular complexity index is 2280. The summed E-state index contributed by atoms with van der Waals surface area (Å²) in [7, 11) is 0. The van der Waals surface area contributed by atoms with Crippen molar-refractivity contribution in [3.63, 3.8) is 0 Å². The second-order valence-electron chi connectivity index (χ2n) is 15.5. The molecule has 0 aliphatic rings. The van der Waals surface area contributed by atoms with Crippen molar-refractivity contribution >= 4 is 53.5 Å². The van der Waals surface area contributed by atoms with Gasteiger partial charge >= 0.3 is 0 Å². The SMILES string of the molecule is CCOc1cc(/C=C/c2ccc(N(c3ccc(/C=C/c4cc(OCC)c(OCC)c(OCC)c4)cc3)c3ccc(/C=C/c4cc(OCC)c(OCC)c(OCC)c4)cc3)cc2)cc(OCC)c1OCC. The summed E-state index contributed by atoms with van der Waals surface area (Å²) >= 11 is 0. The highest BCUT2D eigenvalue weighted by Gasteiger charge is 2.18. The Morgan fingerprint density at radius 1 is 0.257 bits per heavy atom. The van der Waals surface area contributed by atoms with Gasteiger partial charge in [-0.05, 0) is 168 Å². The number of nitrogens with zero attached hydrogens (tertiary/aromatic N) is 1. The van der Waals surface area contributed by atoms with Crippen LogP contribution in [0.3, 0.4) is 0 Å². The predicted octanol–water partition coefficient (Wildman–Crippen LogP) is 15.3. The maximum Gasteiger partial charge on any atom is 0.203 e. The van der Waals surface area contributed by atoms with Gasteiger partial charge in [-0.3, -0.25) is 0 Å². The Labute approximate surface area is 415 Å². The van der Waals surface area contributed by atoms with Crippen molar-refractivity contribution in [1.29, 1.82) is 0 Å². The molecule has 0 fully saturated rings. The second kappa shape index (κ2) is 26.9. The molecule has 0 aliphatic carbocycles. The Morgan fingerprint density at radius 2 is 0.443 bits per heavy atom. The Balaban J connectivity index is 1.32. The lowest BCUT2D eigenvalue weighted by atomic mass is 10.1. The van der Waals surface area contributed by atoms with Gasteiger partial charge in [0, 0.05) is 17.1 Å². The molecule has 70 heavy (non-hydrogen) atoms. The molecule has 368 valence electrons. The minimum atomic E-state index is 0.509. The summed E-state index contributed by atoms with van der Waals surface area (Å²) in [5.41, 5.74) is 8.98. The lowest BCUT2D eigenvalue weighted by Gasteiger charge is -2.26. The Hall–Kier alpha value is -7.46. The van der Waals surface area contributed by atoms with Gasteiger partial charge in [-0.15, -0.1) is 0 Å². The molecule has 10 heteroatoms. The van der Waals surface area contributed by atoms with Crippen molar-refractivity contribution in [3.05, 3.63) is 143 Å². The zero-order chi connectivity index (χ0) is 49.7. The third-order valence-electron chi connectivity index (χ3n) is 10.7. The van der Waals surface area contributed by atoms with Gasteiger partial charge in [-0.25, -0.2) is 0 Å². The first-order valence-corrected chi connectivity index (χ1v) is 24.6. The van der Waals surface area contributed by atoms with E-state index in [2.05, 4.69) is 114 Å². The molecule has 0 aliphatic heterocycles. The fourth-order valence-electron chi connectivity index (χ4n) is 7.74. The van der Waals surface area contributed by atoms with E-state index in [9.17, 15) is 0 Å². The van der Waals surface area contributed by atoms with Crippen LogP contribution in [0.5, 0.6) is 51.7 Å². The quantitative estimate of drug-likeness (QED) is 0.0465. The van der Waals surface area contributed by atoms with Crippen molar-refractivity contribution in [2.75, 3.05) is 64.4 Å². The molecule has 0 heterocycles. The van der Waals surface area contributed by atoms with Crippen LogP contribution < -0.4 is 47.5 Å². The van der Waals surface area contributed by atoms with Crippen LogP contribution >= 0.6 is 0 Å². The maximum absolute atomic E-state index is 5.97. The lowest BCUT2D eigenvalue weighted by molar-refractivity contribution is 0.260. The van der Waals surface area contributed by atoms with Crippen LogP contribution in [0.4, 0.5) is 17.1 Å². The number of ether oxygens (including phenoxy) is 9. The molecule has 6 aromatic carbocycles. The van der Waals surface area contributed by atoms with Crippen molar-refractivity contribution in [1.82, 2.24) is 0 Å². The maximum atomic E-state index is 5.97. The van der Waals surface area contributed by atoms with Gasteiger partial charge in [0.25, 0.3) is 0 Å². The van der Waals surface area contributed by atoms with Gasteiger partial charge in [0.05, 0.1) is 59.5 Å². The van der Waals surface area contributed by atoms with Gasteiger partial charge in [0.15, 0.2) is 34.5 Å². The minimum Gasteiger partial charge on any atom is -0.490 e. The van der Waals surface area contributed by atoms with Crippen molar-refractivity contribution in [2.45, 2.75) is 62.3 Å². The van der Waals surface area contributed by atoms with Crippen LogP contribution in [-0.2, 0) is 0 Å². The number of rotatable bonds is 27. The fraction of sp³-hybridized carbons (Fsp3) is 0.300. The molecule has 0 amide bonds. The summed E-state index contributed by atoms with van der Waals surface area (Å²) in [6, 6.07) is 37.6. The van der Waals surface area contributed by atoms with E-state index in [0.717, 1.165) is 50.4 Å². The molecular weight excluding hydrogens is 879 g/mol. The second-order valence-corrected chi connectivity index (χ2v) is 15.5. The van der Waals surface area contributed by atoms with Crippen LogP contribution in [0.25, 0.3) is 36.5 Å². The van der Waals surface area contributed by atoms with E-state index >= 15 is 0 Å². The summed E-state index contributed by atoms with van der Waals surface area (Å²) < 4.78 is 53.6. The number of hydrogen-bond acceptors (Lipinski definition) is 10. The zero-order valence-electron chi connectivity index (χ0n) is 42.3. The molecular formula is C60H69NO9. The summed E-state index contributed by atoms with van der Waals surface area (Å²) in [6.45, 7) is 22.3. The molecule has 0 bridgehead atoms. The summed E-state index contributed by atoms with van der Waals surface area (Å²) in [4.78, 5) is 2.26. The van der Waals surface area contributed by atoms with E-state index in [1.165, 1.54) is 0 Å². The molecule has 0 atom stereocenters. The Morgan fingerprint density at radius 3 is 0.629 bits per heavy atom. The fourth-order valence-corrected chi connectivity index (χ4v) is 7.74. The first-order chi connectivity index (χ1) is 34.3. The number of benzene rings is 6. The topological polar surface area (TPSA) is 86.3 Å². The minimum absolute atomic E-state index is 0.509. The van der Waals surface area contributed by atoms with Crippen LogP contribution in [0.15, 0.2) is 109 Å². The van der Waals surface area contributed by atoms with Crippen molar-refractivity contribution in [2.24, 2.45) is 0 Å². The summed E-state index contributed by atoms with van der Waals surface area (Å²) in [5.74, 6) is 5.84. The van der Waals surface area contributed by atoms with Gasteiger partial charge in [0.2, 0.25) is 17.2 Å². The molecule has 6 aromatic rings. The first kappa shape index (κ1) is 51.9. The largest absolute Gasteiger partial charge is 0.490 e. The van der Waals surface area contributed by atoms with Crippen LogP contribution in [0, 0.1) is 0 Å².